The van der Waals surface area contributed by atoms with Gasteiger partial charge in [-0.3, -0.25) is 9.78 Å². The highest BCUT2D eigenvalue weighted by Gasteiger charge is 2.07. The van der Waals surface area contributed by atoms with Crippen LogP contribution in [0.4, 0.5) is 11.6 Å². The number of aromatic amines is 1. The Morgan fingerprint density at radius 1 is 1.24 bits per heavy atom. The molecular formula is C17H19N7O3S2. The number of H-pyrrole nitrogens is 1. The third-order valence-electron chi connectivity index (χ3n) is 3.48. The summed E-state index contributed by atoms with van der Waals surface area (Å²) in [4.78, 5) is 23.0. The second-order valence-electron chi connectivity index (χ2n) is 5.66. The minimum absolute atomic E-state index is 0.0491. The van der Waals surface area contributed by atoms with Crippen molar-refractivity contribution in [3.05, 3.63) is 45.3 Å². The molecule has 0 saturated heterocycles. The molecule has 4 N–H and O–H groups in total. The van der Waals surface area contributed by atoms with Crippen LogP contribution in [0, 0.1) is 6.92 Å². The first-order chi connectivity index (χ1) is 13.9. The van der Waals surface area contributed by atoms with Crippen molar-refractivity contribution in [2.45, 2.75) is 17.0 Å². The van der Waals surface area contributed by atoms with Crippen molar-refractivity contribution in [3.8, 4) is 11.5 Å². The average Bonchev–Trinajstić information content (AvgIpc) is 3.10. The lowest BCUT2D eigenvalue weighted by molar-refractivity contribution is 0.395. The van der Waals surface area contributed by atoms with Crippen LogP contribution < -0.4 is 26.1 Å². The number of benzene rings is 1. The zero-order valence-corrected chi connectivity index (χ0v) is 17.6. The number of guanidine groups is 1. The summed E-state index contributed by atoms with van der Waals surface area (Å²) >= 11 is 2.93. The Labute approximate surface area is 174 Å². The number of aromatic nitrogens is 4. The van der Waals surface area contributed by atoms with Crippen molar-refractivity contribution in [3.63, 3.8) is 0 Å². The maximum atomic E-state index is 11.9. The van der Waals surface area contributed by atoms with Gasteiger partial charge in [0.2, 0.25) is 11.9 Å². The largest absolute Gasteiger partial charge is 0.497 e. The second kappa shape index (κ2) is 9.39. The maximum absolute atomic E-state index is 11.9. The zero-order chi connectivity index (χ0) is 20.8. The van der Waals surface area contributed by atoms with Crippen LogP contribution >= 0.6 is 23.1 Å². The van der Waals surface area contributed by atoms with Gasteiger partial charge in [0.1, 0.15) is 16.5 Å². The quantitative estimate of drug-likeness (QED) is 0.291. The molecule has 0 unspecified atom stereocenters. The molecular weight excluding hydrogens is 414 g/mol. The Kier molecular flexibility index (Phi) is 6.67. The van der Waals surface area contributed by atoms with Gasteiger partial charge in [-0.2, -0.15) is 4.99 Å². The first-order valence-corrected chi connectivity index (χ1v) is 10.1. The van der Waals surface area contributed by atoms with Gasteiger partial charge in [0.15, 0.2) is 4.34 Å². The average molecular weight is 434 g/mol. The molecule has 152 valence electrons. The Morgan fingerprint density at radius 3 is 2.59 bits per heavy atom. The number of hydrogen-bond acceptors (Lipinski definition) is 9. The van der Waals surface area contributed by atoms with Gasteiger partial charge in [-0.1, -0.05) is 23.1 Å². The van der Waals surface area contributed by atoms with Gasteiger partial charge in [0, 0.05) is 35.7 Å². The monoisotopic (exact) mass is 433 g/mol. The van der Waals surface area contributed by atoms with Gasteiger partial charge in [0.05, 0.1) is 19.9 Å². The highest BCUT2D eigenvalue weighted by atomic mass is 32.2. The fourth-order valence-corrected chi connectivity index (χ4v) is 3.97. The molecule has 0 radical (unpaired) electrons. The summed E-state index contributed by atoms with van der Waals surface area (Å²) in [5, 5.41) is 11.8. The number of aryl methyl sites for hydroxylation is 1. The molecule has 2 aromatic heterocycles. The van der Waals surface area contributed by atoms with Crippen LogP contribution in [-0.2, 0) is 5.75 Å². The fraction of sp³-hybridized carbons (Fsp3) is 0.235. The van der Waals surface area contributed by atoms with Gasteiger partial charge in [-0.25, -0.2) is 4.98 Å². The van der Waals surface area contributed by atoms with Gasteiger partial charge in [-0.15, -0.1) is 10.2 Å². The van der Waals surface area contributed by atoms with Crippen molar-refractivity contribution >= 4 is 40.7 Å². The predicted octanol–water partition coefficient (Wildman–Crippen LogP) is 2.30. The molecule has 3 aromatic rings. The second-order valence-corrected chi connectivity index (χ2v) is 8.06. The van der Waals surface area contributed by atoms with Crippen LogP contribution in [0.5, 0.6) is 11.5 Å². The summed E-state index contributed by atoms with van der Waals surface area (Å²) in [7, 11) is 3.11. The van der Waals surface area contributed by atoms with E-state index in [-0.39, 0.29) is 17.5 Å². The van der Waals surface area contributed by atoms with E-state index < -0.39 is 0 Å². The number of nitrogens with zero attached hydrogens (tertiary/aromatic N) is 4. The van der Waals surface area contributed by atoms with E-state index in [2.05, 4.69) is 30.5 Å². The minimum atomic E-state index is -0.321. The van der Waals surface area contributed by atoms with E-state index in [4.69, 9.17) is 15.2 Å². The fourth-order valence-electron chi connectivity index (χ4n) is 2.26. The molecule has 0 amide bonds. The molecule has 3 rings (SSSR count). The summed E-state index contributed by atoms with van der Waals surface area (Å²) in [6.07, 6.45) is 0. The minimum Gasteiger partial charge on any atom is -0.497 e. The number of ether oxygens (including phenoxy) is 2. The molecule has 0 aliphatic carbocycles. The number of thioether (sulfide) groups is 1. The molecule has 0 saturated carbocycles. The van der Waals surface area contributed by atoms with Gasteiger partial charge < -0.3 is 20.5 Å². The Morgan fingerprint density at radius 2 is 1.97 bits per heavy atom. The molecule has 0 bridgehead atoms. The summed E-state index contributed by atoms with van der Waals surface area (Å²) in [6, 6.07) is 6.62. The summed E-state index contributed by atoms with van der Waals surface area (Å²) in [6.45, 7) is 1.88. The number of rotatable bonds is 7. The Bertz CT molecular complexity index is 1060. The molecule has 10 nitrogen and oxygen atoms in total. The van der Waals surface area contributed by atoms with Crippen LogP contribution in [0.25, 0.3) is 0 Å². The van der Waals surface area contributed by atoms with Crippen molar-refractivity contribution < 1.29 is 9.47 Å². The molecule has 0 spiro atoms. The third-order valence-corrected chi connectivity index (χ3v) is 5.49. The normalized spacial score (nSPS) is 11.3. The van der Waals surface area contributed by atoms with Crippen molar-refractivity contribution in [1.29, 1.82) is 0 Å². The van der Waals surface area contributed by atoms with Crippen LogP contribution in [0.2, 0.25) is 0 Å². The van der Waals surface area contributed by atoms with Gasteiger partial charge in [0.25, 0.3) is 5.56 Å². The van der Waals surface area contributed by atoms with Crippen molar-refractivity contribution in [2.75, 3.05) is 19.5 Å². The standard InChI is InChI=1S/C17H19N7O3S2/c1-9-23-24-17(29-9)28-8-11-6-14(25)21-16(20-11)22-15(18)19-10-4-12(26-2)7-13(5-10)27-3/h4-7H,8H2,1-3H3,(H4,18,19,20,21,22,25). The molecule has 0 fully saturated rings. The number of nitrogens with two attached hydrogens (primary N) is 1. The number of anilines is 1. The molecule has 1 aromatic carbocycles. The van der Waals surface area contributed by atoms with Crippen LogP contribution in [-0.4, -0.2) is 40.3 Å². The number of methoxy groups -OCH3 is 2. The first-order valence-electron chi connectivity index (χ1n) is 8.32. The third kappa shape index (κ3) is 5.93. The van der Waals surface area contributed by atoms with E-state index in [1.165, 1.54) is 29.2 Å². The maximum Gasteiger partial charge on any atom is 0.252 e. The lowest BCUT2D eigenvalue weighted by Crippen LogP contribution is -2.22. The zero-order valence-electron chi connectivity index (χ0n) is 15.9. The van der Waals surface area contributed by atoms with E-state index in [1.54, 1.807) is 32.4 Å². The van der Waals surface area contributed by atoms with E-state index >= 15 is 0 Å². The number of hydrogen-bond donors (Lipinski definition) is 3. The van der Waals surface area contributed by atoms with Crippen molar-refractivity contribution in [1.82, 2.24) is 20.2 Å². The smallest absolute Gasteiger partial charge is 0.252 e. The van der Waals surface area contributed by atoms with Crippen LogP contribution in [0.15, 0.2) is 38.4 Å². The Hall–Kier alpha value is -3.12. The molecule has 29 heavy (non-hydrogen) atoms. The van der Waals surface area contributed by atoms with E-state index in [0.717, 1.165) is 9.35 Å². The van der Waals surface area contributed by atoms with E-state index in [0.29, 0.717) is 28.6 Å². The van der Waals surface area contributed by atoms with Crippen LogP contribution in [0.1, 0.15) is 10.7 Å². The van der Waals surface area contributed by atoms with Gasteiger partial charge >= 0.3 is 0 Å². The molecule has 0 atom stereocenters. The highest BCUT2D eigenvalue weighted by Crippen LogP contribution is 2.26. The van der Waals surface area contributed by atoms with Crippen molar-refractivity contribution in [2.24, 2.45) is 10.7 Å². The summed E-state index contributed by atoms with van der Waals surface area (Å²) in [5.41, 5.74) is 6.81. The summed E-state index contributed by atoms with van der Waals surface area (Å²) < 4.78 is 11.3. The highest BCUT2D eigenvalue weighted by molar-refractivity contribution is 8.00. The van der Waals surface area contributed by atoms with E-state index in [1.807, 2.05) is 6.92 Å². The molecule has 2 heterocycles. The first kappa shape index (κ1) is 20.6. The topological polar surface area (TPSA) is 140 Å². The number of nitrogens with one attached hydrogen (secondary N) is 2. The SMILES string of the molecule is COc1cc(N/C(N)=N/c2nc(CSc3nnc(C)s3)cc(=O)[nH]2)cc(OC)c1. The lowest BCUT2D eigenvalue weighted by Gasteiger charge is -2.10. The van der Waals surface area contributed by atoms with Crippen LogP contribution in [0.3, 0.4) is 0 Å². The van der Waals surface area contributed by atoms with E-state index in [9.17, 15) is 4.79 Å². The lowest BCUT2D eigenvalue weighted by atomic mass is 10.3. The molecule has 12 heteroatoms. The molecule has 0 aliphatic heterocycles. The number of aliphatic imine (C=N–C) groups is 1. The van der Waals surface area contributed by atoms with Gasteiger partial charge in [-0.05, 0) is 6.92 Å². The predicted molar refractivity (Wildman–Crippen MR) is 114 cm³/mol. The Balaban J connectivity index is 1.75. The molecule has 0 aliphatic rings. The summed E-state index contributed by atoms with van der Waals surface area (Å²) in [5.74, 6) is 1.80.